The number of para-hydroxylation sites is 1. The van der Waals surface area contributed by atoms with Crippen molar-refractivity contribution < 1.29 is 9.59 Å². The predicted molar refractivity (Wildman–Crippen MR) is 103 cm³/mol. The van der Waals surface area contributed by atoms with Gasteiger partial charge in [0.05, 0.1) is 6.54 Å². The van der Waals surface area contributed by atoms with Gasteiger partial charge in [-0.05, 0) is 23.6 Å². The van der Waals surface area contributed by atoms with Crippen molar-refractivity contribution in [1.82, 2.24) is 15.2 Å². The van der Waals surface area contributed by atoms with E-state index in [1.54, 1.807) is 4.90 Å². The highest BCUT2D eigenvalue weighted by Gasteiger charge is 2.14. The molecule has 2 amide bonds. The summed E-state index contributed by atoms with van der Waals surface area (Å²) in [5.41, 5.74) is 3.28. The number of carbonyl (C=O) groups excluding carboxylic acids is 2. The lowest BCUT2D eigenvalue weighted by Gasteiger charge is -2.20. The summed E-state index contributed by atoms with van der Waals surface area (Å²) < 4.78 is 0. The molecule has 1 aromatic heterocycles. The number of fused-ring (bicyclic) bond motifs is 1. The number of H-pyrrole nitrogens is 1. The molecule has 0 unspecified atom stereocenters. The molecular weight excluding hydrogens is 326 g/mol. The molecule has 3 aromatic rings. The van der Waals surface area contributed by atoms with Gasteiger partial charge in [0.1, 0.15) is 0 Å². The van der Waals surface area contributed by atoms with Gasteiger partial charge in [-0.15, -0.1) is 0 Å². The Morgan fingerprint density at radius 1 is 1.04 bits per heavy atom. The molecule has 5 heteroatoms. The van der Waals surface area contributed by atoms with Crippen LogP contribution < -0.4 is 5.32 Å². The summed E-state index contributed by atoms with van der Waals surface area (Å²) in [4.78, 5) is 28.8. The van der Waals surface area contributed by atoms with Crippen molar-refractivity contribution in [2.75, 3.05) is 13.1 Å². The van der Waals surface area contributed by atoms with Gasteiger partial charge in [0, 0.05) is 37.1 Å². The molecule has 1 heterocycles. The second kappa shape index (κ2) is 8.34. The molecule has 0 saturated heterocycles. The molecule has 0 spiro atoms. The first-order valence-electron chi connectivity index (χ1n) is 8.74. The summed E-state index contributed by atoms with van der Waals surface area (Å²) in [5.74, 6) is -0.253. The molecule has 2 aromatic carbocycles. The quantitative estimate of drug-likeness (QED) is 0.689. The van der Waals surface area contributed by atoms with E-state index < -0.39 is 0 Å². The first-order valence-corrected chi connectivity index (χ1v) is 8.74. The van der Waals surface area contributed by atoms with Crippen molar-refractivity contribution in [2.45, 2.75) is 19.9 Å². The summed E-state index contributed by atoms with van der Waals surface area (Å²) in [5, 5.41) is 4.09. The maximum absolute atomic E-state index is 12.2. The second-order valence-electron chi connectivity index (χ2n) is 6.32. The van der Waals surface area contributed by atoms with Crippen molar-refractivity contribution in [2.24, 2.45) is 0 Å². The molecular formula is C21H23N3O2. The van der Waals surface area contributed by atoms with E-state index in [-0.39, 0.29) is 18.4 Å². The Morgan fingerprint density at radius 3 is 2.54 bits per heavy atom. The molecule has 5 nitrogen and oxygen atoms in total. The van der Waals surface area contributed by atoms with Crippen LogP contribution in [0.25, 0.3) is 10.9 Å². The summed E-state index contributed by atoms with van der Waals surface area (Å²) in [7, 11) is 0. The van der Waals surface area contributed by atoms with Crippen LogP contribution in [0.4, 0.5) is 0 Å². The van der Waals surface area contributed by atoms with Gasteiger partial charge in [0.25, 0.3) is 0 Å². The average Bonchev–Trinajstić information content (AvgIpc) is 3.05. The topological polar surface area (TPSA) is 65.2 Å². The normalized spacial score (nSPS) is 10.7. The van der Waals surface area contributed by atoms with E-state index in [0.29, 0.717) is 13.1 Å². The molecule has 0 aliphatic heterocycles. The molecule has 0 atom stereocenters. The fraction of sp³-hybridized carbons (Fsp3) is 0.238. The highest BCUT2D eigenvalue weighted by Crippen LogP contribution is 2.17. The zero-order valence-electron chi connectivity index (χ0n) is 14.9. The summed E-state index contributed by atoms with van der Waals surface area (Å²) >= 11 is 0. The van der Waals surface area contributed by atoms with E-state index in [1.807, 2.05) is 54.7 Å². The van der Waals surface area contributed by atoms with Crippen LogP contribution in [0.3, 0.4) is 0 Å². The molecule has 0 bridgehead atoms. The lowest BCUT2D eigenvalue weighted by atomic mass is 10.1. The molecule has 0 aliphatic carbocycles. The van der Waals surface area contributed by atoms with E-state index in [2.05, 4.69) is 16.4 Å². The Labute approximate surface area is 153 Å². The van der Waals surface area contributed by atoms with E-state index >= 15 is 0 Å². The number of amides is 2. The van der Waals surface area contributed by atoms with Gasteiger partial charge in [-0.1, -0.05) is 48.5 Å². The summed E-state index contributed by atoms with van der Waals surface area (Å²) in [6, 6.07) is 17.8. The van der Waals surface area contributed by atoms with Crippen LogP contribution in [0.5, 0.6) is 0 Å². The van der Waals surface area contributed by atoms with E-state index in [0.717, 1.165) is 17.5 Å². The fourth-order valence-electron chi connectivity index (χ4n) is 2.99. The SMILES string of the molecule is CC(=O)N(CC(=O)NCCc1c[nH]c2ccccc12)Cc1ccccc1. The number of hydrogen-bond donors (Lipinski definition) is 2. The fourth-order valence-corrected chi connectivity index (χ4v) is 2.99. The van der Waals surface area contributed by atoms with Gasteiger partial charge in [0.2, 0.25) is 11.8 Å². The Kier molecular flexibility index (Phi) is 5.69. The first kappa shape index (κ1) is 17.7. The predicted octanol–water partition coefficient (Wildman–Crippen LogP) is 2.88. The number of benzene rings is 2. The van der Waals surface area contributed by atoms with Crippen LogP contribution in [0.2, 0.25) is 0 Å². The lowest BCUT2D eigenvalue weighted by Crippen LogP contribution is -2.39. The van der Waals surface area contributed by atoms with Crippen molar-refractivity contribution in [3.05, 3.63) is 71.9 Å². The number of nitrogens with zero attached hydrogens (tertiary/aromatic N) is 1. The number of hydrogen-bond acceptors (Lipinski definition) is 2. The highest BCUT2D eigenvalue weighted by atomic mass is 16.2. The number of carbonyl (C=O) groups is 2. The van der Waals surface area contributed by atoms with E-state index in [1.165, 1.54) is 17.9 Å². The zero-order valence-corrected chi connectivity index (χ0v) is 14.9. The highest BCUT2D eigenvalue weighted by molar-refractivity contribution is 5.84. The molecule has 2 N–H and O–H groups in total. The van der Waals surface area contributed by atoms with Crippen molar-refractivity contribution in [1.29, 1.82) is 0 Å². The van der Waals surface area contributed by atoms with E-state index in [9.17, 15) is 9.59 Å². The number of nitrogens with one attached hydrogen (secondary N) is 2. The van der Waals surface area contributed by atoms with Gasteiger partial charge in [0.15, 0.2) is 0 Å². The van der Waals surface area contributed by atoms with Gasteiger partial charge >= 0.3 is 0 Å². The first-order chi connectivity index (χ1) is 12.6. The van der Waals surface area contributed by atoms with Crippen LogP contribution in [-0.2, 0) is 22.6 Å². The summed E-state index contributed by atoms with van der Waals surface area (Å²) in [6.07, 6.45) is 2.72. The Hall–Kier alpha value is -3.08. The van der Waals surface area contributed by atoms with Crippen molar-refractivity contribution >= 4 is 22.7 Å². The van der Waals surface area contributed by atoms with Gasteiger partial charge in [-0.2, -0.15) is 0 Å². The molecule has 0 aliphatic rings. The number of aromatic nitrogens is 1. The minimum Gasteiger partial charge on any atom is -0.361 e. The van der Waals surface area contributed by atoms with Crippen LogP contribution in [-0.4, -0.2) is 34.8 Å². The minimum absolute atomic E-state index is 0.0676. The molecule has 0 saturated carbocycles. The molecule has 134 valence electrons. The standard InChI is InChI=1S/C21H23N3O2/c1-16(25)24(14-17-7-3-2-4-8-17)15-21(26)22-12-11-18-13-23-20-10-6-5-9-19(18)20/h2-10,13,23H,11-12,14-15H2,1H3,(H,22,26). The smallest absolute Gasteiger partial charge is 0.239 e. The molecule has 0 radical (unpaired) electrons. The monoisotopic (exact) mass is 349 g/mol. The third kappa shape index (κ3) is 4.51. The Bertz CT molecular complexity index is 886. The Morgan fingerprint density at radius 2 is 1.77 bits per heavy atom. The molecule has 0 fully saturated rings. The summed E-state index contributed by atoms with van der Waals surface area (Å²) in [6.45, 7) is 2.53. The third-order valence-corrected chi connectivity index (χ3v) is 4.39. The zero-order chi connectivity index (χ0) is 18.4. The van der Waals surface area contributed by atoms with E-state index in [4.69, 9.17) is 0 Å². The number of rotatable bonds is 7. The third-order valence-electron chi connectivity index (χ3n) is 4.39. The van der Waals surface area contributed by atoms with Crippen molar-refractivity contribution in [3.8, 4) is 0 Å². The van der Waals surface area contributed by atoms with Gasteiger partial charge < -0.3 is 15.2 Å². The minimum atomic E-state index is -0.143. The average molecular weight is 349 g/mol. The Balaban J connectivity index is 1.51. The lowest BCUT2D eigenvalue weighted by molar-refractivity contribution is -0.134. The molecule has 26 heavy (non-hydrogen) atoms. The van der Waals surface area contributed by atoms with Crippen LogP contribution in [0.1, 0.15) is 18.1 Å². The van der Waals surface area contributed by atoms with Crippen LogP contribution in [0.15, 0.2) is 60.8 Å². The maximum atomic E-state index is 12.2. The number of aromatic amines is 1. The van der Waals surface area contributed by atoms with Crippen LogP contribution in [0, 0.1) is 0 Å². The van der Waals surface area contributed by atoms with Gasteiger partial charge in [-0.25, -0.2) is 0 Å². The van der Waals surface area contributed by atoms with Crippen LogP contribution >= 0.6 is 0 Å². The van der Waals surface area contributed by atoms with Crippen molar-refractivity contribution in [3.63, 3.8) is 0 Å². The largest absolute Gasteiger partial charge is 0.361 e. The molecule has 3 rings (SSSR count). The second-order valence-corrected chi connectivity index (χ2v) is 6.32. The van der Waals surface area contributed by atoms with Gasteiger partial charge in [-0.3, -0.25) is 9.59 Å². The maximum Gasteiger partial charge on any atom is 0.239 e.